The van der Waals surface area contributed by atoms with E-state index >= 15 is 0 Å². The van der Waals surface area contributed by atoms with E-state index in [2.05, 4.69) is 11.1 Å². The van der Waals surface area contributed by atoms with Crippen LogP contribution in [-0.2, 0) is 6.54 Å². The van der Waals surface area contributed by atoms with E-state index in [9.17, 15) is 9.59 Å². The van der Waals surface area contributed by atoms with Crippen LogP contribution in [0.4, 0.5) is 0 Å². The van der Waals surface area contributed by atoms with Crippen molar-refractivity contribution in [3.8, 4) is 0 Å². The monoisotopic (exact) mass is 291 g/mol. The molecular formula is C19H17NO2. The van der Waals surface area contributed by atoms with E-state index in [4.69, 9.17) is 0 Å². The number of Topliss-reactive ketones (excluding diaryl/α,β-unsaturated/α-hetero) is 2. The summed E-state index contributed by atoms with van der Waals surface area (Å²) in [6, 6.07) is 11.4. The van der Waals surface area contributed by atoms with Gasteiger partial charge in [-0.05, 0) is 50.2 Å². The Bertz CT molecular complexity index is 860. The molecule has 1 heterocycles. The summed E-state index contributed by atoms with van der Waals surface area (Å²) in [4.78, 5) is 23.3. The number of fused-ring (bicyclic) bond motifs is 3. The van der Waals surface area contributed by atoms with Crippen LogP contribution in [0.15, 0.2) is 49.1 Å². The number of nitrogens with zero attached hydrogens (tertiary/aromatic N) is 1. The van der Waals surface area contributed by atoms with Crippen LogP contribution in [0.25, 0.3) is 21.8 Å². The molecule has 0 saturated heterocycles. The molecule has 0 bridgehead atoms. The fourth-order valence-electron chi connectivity index (χ4n) is 2.87. The van der Waals surface area contributed by atoms with Gasteiger partial charge in [-0.15, -0.1) is 6.58 Å². The highest BCUT2D eigenvalue weighted by molar-refractivity contribution is 6.12. The standard InChI is InChI=1S/C19H17NO2/c1-4-9-20-18-7-5-14(12(2)21)10-16(18)17-11-15(13(3)22)6-8-19(17)20/h4-8,10-11H,1,9H2,2-3H3. The predicted molar refractivity (Wildman–Crippen MR) is 89.7 cm³/mol. The lowest BCUT2D eigenvalue weighted by molar-refractivity contribution is 0.100. The number of benzene rings is 2. The largest absolute Gasteiger partial charge is 0.337 e. The van der Waals surface area contributed by atoms with Crippen molar-refractivity contribution in [2.45, 2.75) is 20.4 Å². The van der Waals surface area contributed by atoms with Crippen LogP contribution in [0.3, 0.4) is 0 Å². The van der Waals surface area contributed by atoms with Crippen LogP contribution in [-0.4, -0.2) is 16.1 Å². The minimum atomic E-state index is 0.0363. The summed E-state index contributed by atoms with van der Waals surface area (Å²) in [5.74, 6) is 0.0727. The number of carbonyl (C=O) groups excluding carboxylic acids is 2. The van der Waals surface area contributed by atoms with E-state index in [1.807, 2.05) is 42.5 Å². The number of ketones is 2. The van der Waals surface area contributed by atoms with Gasteiger partial charge in [-0.25, -0.2) is 0 Å². The fraction of sp³-hybridized carbons (Fsp3) is 0.158. The third-order valence-electron chi connectivity index (χ3n) is 3.99. The highest BCUT2D eigenvalue weighted by atomic mass is 16.1. The van der Waals surface area contributed by atoms with Crippen LogP contribution in [0.2, 0.25) is 0 Å². The second kappa shape index (κ2) is 5.26. The molecule has 0 amide bonds. The molecule has 0 saturated carbocycles. The summed E-state index contributed by atoms with van der Waals surface area (Å²) in [6.07, 6.45) is 1.84. The Balaban J connectivity index is 2.44. The number of rotatable bonds is 4. The molecule has 0 radical (unpaired) electrons. The van der Waals surface area contributed by atoms with Crippen molar-refractivity contribution in [2.75, 3.05) is 0 Å². The predicted octanol–water partition coefficient (Wildman–Crippen LogP) is 4.39. The van der Waals surface area contributed by atoms with Crippen molar-refractivity contribution >= 4 is 33.4 Å². The Labute approximate surface area is 128 Å². The average molecular weight is 291 g/mol. The van der Waals surface area contributed by atoms with Crippen molar-refractivity contribution < 1.29 is 9.59 Å². The van der Waals surface area contributed by atoms with Crippen LogP contribution >= 0.6 is 0 Å². The van der Waals surface area contributed by atoms with Gasteiger partial charge in [-0.2, -0.15) is 0 Å². The van der Waals surface area contributed by atoms with Gasteiger partial charge in [0.2, 0.25) is 0 Å². The quantitative estimate of drug-likeness (QED) is 0.528. The highest BCUT2D eigenvalue weighted by Crippen LogP contribution is 2.31. The smallest absolute Gasteiger partial charge is 0.159 e. The van der Waals surface area contributed by atoms with Crippen LogP contribution < -0.4 is 0 Å². The van der Waals surface area contributed by atoms with Crippen LogP contribution in [0.5, 0.6) is 0 Å². The first-order chi connectivity index (χ1) is 10.5. The lowest BCUT2D eigenvalue weighted by atomic mass is 10.0. The van der Waals surface area contributed by atoms with E-state index in [0.717, 1.165) is 21.8 Å². The Morgan fingerprint density at radius 2 is 1.41 bits per heavy atom. The topological polar surface area (TPSA) is 39.1 Å². The molecular weight excluding hydrogens is 274 g/mol. The number of hydrogen-bond donors (Lipinski definition) is 0. The third-order valence-corrected chi connectivity index (χ3v) is 3.99. The second-order valence-electron chi connectivity index (χ2n) is 5.48. The van der Waals surface area contributed by atoms with Gasteiger partial charge in [0.15, 0.2) is 11.6 Å². The maximum atomic E-state index is 11.7. The average Bonchev–Trinajstić information content (AvgIpc) is 2.81. The lowest BCUT2D eigenvalue weighted by Crippen LogP contribution is -1.96. The Kier molecular flexibility index (Phi) is 3.41. The molecule has 1 aromatic heterocycles. The van der Waals surface area contributed by atoms with Crippen molar-refractivity contribution in [2.24, 2.45) is 0 Å². The second-order valence-corrected chi connectivity index (χ2v) is 5.48. The van der Waals surface area contributed by atoms with Crippen molar-refractivity contribution in [1.82, 2.24) is 4.57 Å². The van der Waals surface area contributed by atoms with E-state index in [-0.39, 0.29) is 11.6 Å². The van der Waals surface area contributed by atoms with Gasteiger partial charge in [0.25, 0.3) is 0 Å². The van der Waals surface area contributed by atoms with Gasteiger partial charge in [-0.1, -0.05) is 6.08 Å². The molecule has 3 rings (SSSR count). The molecule has 110 valence electrons. The maximum Gasteiger partial charge on any atom is 0.159 e. The summed E-state index contributed by atoms with van der Waals surface area (Å²) in [5, 5.41) is 1.99. The van der Waals surface area contributed by atoms with E-state index < -0.39 is 0 Å². The summed E-state index contributed by atoms with van der Waals surface area (Å²) in [7, 11) is 0. The number of hydrogen-bond acceptors (Lipinski definition) is 2. The molecule has 2 aromatic carbocycles. The molecule has 3 aromatic rings. The Morgan fingerprint density at radius 1 is 0.955 bits per heavy atom. The number of allylic oxidation sites excluding steroid dienone is 1. The fourth-order valence-corrected chi connectivity index (χ4v) is 2.87. The highest BCUT2D eigenvalue weighted by Gasteiger charge is 2.13. The molecule has 0 fully saturated rings. The van der Waals surface area contributed by atoms with Crippen LogP contribution in [0, 0.1) is 0 Å². The van der Waals surface area contributed by atoms with Crippen molar-refractivity contribution in [3.05, 3.63) is 60.2 Å². The first kappa shape index (κ1) is 14.3. The van der Waals surface area contributed by atoms with Gasteiger partial charge in [-0.3, -0.25) is 9.59 Å². The van der Waals surface area contributed by atoms with E-state index in [1.54, 1.807) is 13.8 Å². The lowest BCUT2D eigenvalue weighted by Gasteiger charge is -2.04. The first-order valence-electron chi connectivity index (χ1n) is 7.21. The van der Waals surface area contributed by atoms with Gasteiger partial charge in [0.1, 0.15) is 0 Å². The molecule has 22 heavy (non-hydrogen) atoms. The summed E-state index contributed by atoms with van der Waals surface area (Å²) in [5.41, 5.74) is 3.44. The maximum absolute atomic E-state index is 11.7. The molecule has 3 nitrogen and oxygen atoms in total. The van der Waals surface area contributed by atoms with Gasteiger partial charge >= 0.3 is 0 Å². The molecule has 3 heteroatoms. The summed E-state index contributed by atoms with van der Waals surface area (Å²) >= 11 is 0. The number of aromatic nitrogens is 1. The zero-order valence-corrected chi connectivity index (χ0v) is 12.7. The van der Waals surface area contributed by atoms with E-state index in [0.29, 0.717) is 17.7 Å². The third kappa shape index (κ3) is 2.15. The summed E-state index contributed by atoms with van der Waals surface area (Å²) < 4.78 is 2.14. The zero-order valence-electron chi connectivity index (χ0n) is 12.7. The van der Waals surface area contributed by atoms with Crippen molar-refractivity contribution in [3.63, 3.8) is 0 Å². The first-order valence-corrected chi connectivity index (χ1v) is 7.21. The molecule has 0 aliphatic heterocycles. The van der Waals surface area contributed by atoms with E-state index in [1.165, 1.54) is 0 Å². The van der Waals surface area contributed by atoms with Crippen LogP contribution in [0.1, 0.15) is 34.6 Å². The van der Waals surface area contributed by atoms with Gasteiger partial charge in [0, 0.05) is 39.5 Å². The molecule has 0 spiro atoms. The number of carbonyl (C=O) groups is 2. The molecule has 0 N–H and O–H groups in total. The normalized spacial score (nSPS) is 11.0. The Hall–Kier alpha value is -2.68. The van der Waals surface area contributed by atoms with Crippen molar-refractivity contribution in [1.29, 1.82) is 0 Å². The SMILES string of the molecule is C=CCn1c2ccc(C(C)=O)cc2c2cc(C(C)=O)ccc21. The Morgan fingerprint density at radius 3 is 1.77 bits per heavy atom. The van der Waals surface area contributed by atoms with Gasteiger partial charge < -0.3 is 4.57 Å². The minimum Gasteiger partial charge on any atom is -0.337 e. The molecule has 0 atom stereocenters. The summed E-state index contributed by atoms with van der Waals surface area (Å²) in [6.45, 7) is 7.61. The molecule has 0 aliphatic carbocycles. The minimum absolute atomic E-state index is 0.0363. The molecule has 0 unspecified atom stereocenters. The molecule has 0 aliphatic rings. The van der Waals surface area contributed by atoms with Gasteiger partial charge in [0.05, 0.1) is 0 Å². The zero-order chi connectivity index (χ0) is 15.9.